The van der Waals surface area contributed by atoms with Gasteiger partial charge in [-0.3, -0.25) is 9.59 Å². The van der Waals surface area contributed by atoms with Crippen LogP contribution in [0.4, 0.5) is 5.69 Å². The zero-order valence-electron chi connectivity index (χ0n) is 11.8. The molecule has 0 unspecified atom stereocenters. The van der Waals surface area contributed by atoms with Gasteiger partial charge in [0.25, 0.3) is 5.91 Å². The molecule has 2 amide bonds. The van der Waals surface area contributed by atoms with Crippen LogP contribution in [0.2, 0.25) is 0 Å². The van der Waals surface area contributed by atoms with E-state index in [-0.39, 0.29) is 5.91 Å². The molecular weight excluding hydrogens is 254 g/mol. The van der Waals surface area contributed by atoms with E-state index in [4.69, 9.17) is 5.73 Å². The number of hydrogen-bond donors (Lipinski definition) is 1. The lowest BCUT2D eigenvalue weighted by molar-refractivity contribution is -0.114. The number of nitrogens with zero attached hydrogens (tertiary/aromatic N) is 2. The molecule has 0 saturated carbocycles. The second-order valence-electron chi connectivity index (χ2n) is 5.11. The van der Waals surface area contributed by atoms with Gasteiger partial charge in [0, 0.05) is 30.4 Å². The third-order valence-corrected chi connectivity index (χ3v) is 3.26. The third-order valence-electron chi connectivity index (χ3n) is 3.26. The van der Waals surface area contributed by atoms with Gasteiger partial charge < -0.3 is 15.5 Å². The number of nitrogens with two attached hydrogens (primary N) is 1. The van der Waals surface area contributed by atoms with Crippen molar-refractivity contribution in [3.63, 3.8) is 0 Å². The van der Waals surface area contributed by atoms with E-state index >= 15 is 0 Å². The number of benzene rings is 1. The molecule has 1 aliphatic rings. The standard InChI is InChI=1S/C15H19N3O2/c1-17(2)8-3-4-14(19)18-9-7-11-5-6-12(15(16)20)10-13(11)18/h3-6,10H,7-9H2,1-2H3,(H2,16,20). The Morgan fingerprint density at radius 1 is 1.40 bits per heavy atom. The first-order valence-corrected chi connectivity index (χ1v) is 6.54. The summed E-state index contributed by atoms with van der Waals surface area (Å²) in [6.07, 6.45) is 4.21. The minimum absolute atomic E-state index is 0.0628. The van der Waals surface area contributed by atoms with Gasteiger partial charge in [-0.2, -0.15) is 0 Å². The normalized spacial score (nSPS) is 14.1. The highest BCUT2D eigenvalue weighted by Crippen LogP contribution is 2.29. The summed E-state index contributed by atoms with van der Waals surface area (Å²) in [5, 5.41) is 0. The van der Waals surface area contributed by atoms with E-state index in [0.29, 0.717) is 18.7 Å². The number of carbonyl (C=O) groups excluding carboxylic acids is 2. The molecule has 1 heterocycles. The quantitative estimate of drug-likeness (QED) is 0.825. The van der Waals surface area contributed by atoms with Crippen molar-refractivity contribution >= 4 is 17.5 Å². The zero-order valence-corrected chi connectivity index (χ0v) is 11.8. The van der Waals surface area contributed by atoms with Crippen molar-refractivity contribution in [2.45, 2.75) is 6.42 Å². The molecule has 5 heteroatoms. The Kier molecular flexibility index (Phi) is 4.20. The average Bonchev–Trinajstić information content (AvgIpc) is 2.80. The van der Waals surface area contributed by atoms with Crippen molar-refractivity contribution in [1.82, 2.24) is 4.90 Å². The predicted molar refractivity (Wildman–Crippen MR) is 78.7 cm³/mol. The van der Waals surface area contributed by atoms with Gasteiger partial charge in [-0.15, -0.1) is 0 Å². The molecule has 0 bridgehead atoms. The van der Waals surface area contributed by atoms with Crippen molar-refractivity contribution in [3.8, 4) is 0 Å². The second-order valence-corrected chi connectivity index (χ2v) is 5.11. The number of rotatable bonds is 4. The van der Waals surface area contributed by atoms with E-state index in [9.17, 15) is 9.59 Å². The van der Waals surface area contributed by atoms with Gasteiger partial charge in [0.1, 0.15) is 0 Å². The lowest BCUT2D eigenvalue weighted by Crippen LogP contribution is -2.27. The lowest BCUT2D eigenvalue weighted by Gasteiger charge is -2.15. The summed E-state index contributed by atoms with van der Waals surface area (Å²) in [6.45, 7) is 1.36. The molecule has 1 aromatic carbocycles. The zero-order chi connectivity index (χ0) is 14.7. The fourth-order valence-electron chi connectivity index (χ4n) is 2.22. The maximum absolute atomic E-state index is 12.2. The Balaban J connectivity index is 2.18. The molecule has 2 N–H and O–H groups in total. The monoisotopic (exact) mass is 273 g/mol. The Morgan fingerprint density at radius 2 is 2.15 bits per heavy atom. The molecule has 0 fully saturated rings. The first-order valence-electron chi connectivity index (χ1n) is 6.54. The van der Waals surface area contributed by atoms with Gasteiger partial charge in [0.05, 0.1) is 0 Å². The summed E-state index contributed by atoms with van der Waals surface area (Å²) < 4.78 is 0. The molecular formula is C15H19N3O2. The lowest BCUT2D eigenvalue weighted by atomic mass is 10.1. The fraction of sp³-hybridized carbons (Fsp3) is 0.333. The van der Waals surface area contributed by atoms with Gasteiger partial charge in [-0.05, 0) is 38.2 Å². The van der Waals surface area contributed by atoms with Crippen molar-refractivity contribution in [2.24, 2.45) is 5.73 Å². The molecule has 0 aliphatic carbocycles. The Hall–Kier alpha value is -2.14. The van der Waals surface area contributed by atoms with Gasteiger partial charge in [0.2, 0.25) is 5.91 Å². The Bertz CT molecular complexity index is 564. The highest BCUT2D eigenvalue weighted by molar-refractivity contribution is 6.04. The fourth-order valence-corrected chi connectivity index (χ4v) is 2.22. The SMILES string of the molecule is CN(C)CC=CC(=O)N1CCc2ccc(C(N)=O)cc21. The van der Waals surface area contributed by atoms with Crippen molar-refractivity contribution in [1.29, 1.82) is 0 Å². The molecule has 0 aromatic heterocycles. The molecule has 1 aliphatic heterocycles. The van der Waals surface area contributed by atoms with E-state index in [2.05, 4.69) is 0 Å². The van der Waals surface area contributed by atoms with Crippen LogP contribution in [-0.4, -0.2) is 43.9 Å². The second kappa shape index (κ2) is 5.88. The topological polar surface area (TPSA) is 66.6 Å². The molecule has 20 heavy (non-hydrogen) atoms. The summed E-state index contributed by atoms with van der Waals surface area (Å²) in [5.41, 5.74) is 7.58. The largest absolute Gasteiger partial charge is 0.366 e. The van der Waals surface area contributed by atoms with E-state index in [1.165, 1.54) is 0 Å². The number of primary amides is 1. The van der Waals surface area contributed by atoms with Crippen LogP contribution in [0.1, 0.15) is 15.9 Å². The molecule has 0 radical (unpaired) electrons. The van der Waals surface area contributed by atoms with Crippen LogP contribution in [-0.2, 0) is 11.2 Å². The summed E-state index contributed by atoms with van der Waals surface area (Å²) in [5.74, 6) is -0.539. The first-order chi connectivity index (χ1) is 9.49. The maximum Gasteiger partial charge on any atom is 0.250 e. The van der Waals surface area contributed by atoms with Crippen LogP contribution in [0.3, 0.4) is 0 Å². The molecule has 5 nitrogen and oxygen atoms in total. The molecule has 2 rings (SSSR count). The Labute approximate surface area is 118 Å². The van der Waals surface area contributed by atoms with Crippen molar-refractivity contribution in [2.75, 3.05) is 32.1 Å². The van der Waals surface area contributed by atoms with Gasteiger partial charge in [0.15, 0.2) is 0 Å². The van der Waals surface area contributed by atoms with Gasteiger partial charge in [-0.1, -0.05) is 12.1 Å². The van der Waals surface area contributed by atoms with Crippen molar-refractivity contribution < 1.29 is 9.59 Å². The number of hydrogen-bond acceptors (Lipinski definition) is 3. The Morgan fingerprint density at radius 3 is 2.80 bits per heavy atom. The number of anilines is 1. The molecule has 0 atom stereocenters. The summed E-state index contributed by atoms with van der Waals surface area (Å²) in [4.78, 5) is 27.1. The van der Waals surface area contributed by atoms with E-state index in [1.54, 1.807) is 23.1 Å². The van der Waals surface area contributed by atoms with Crippen LogP contribution >= 0.6 is 0 Å². The predicted octanol–water partition coefficient (Wildman–Crippen LogP) is 0.792. The van der Waals surface area contributed by atoms with E-state index in [1.807, 2.05) is 31.1 Å². The van der Waals surface area contributed by atoms with Crippen LogP contribution in [0.15, 0.2) is 30.4 Å². The summed E-state index contributed by atoms with van der Waals surface area (Å²) in [6, 6.07) is 5.27. The highest BCUT2D eigenvalue weighted by atomic mass is 16.2. The van der Waals surface area contributed by atoms with Gasteiger partial charge >= 0.3 is 0 Å². The number of amides is 2. The van der Waals surface area contributed by atoms with E-state index < -0.39 is 5.91 Å². The van der Waals surface area contributed by atoms with Crippen LogP contribution < -0.4 is 10.6 Å². The molecule has 1 aromatic rings. The van der Waals surface area contributed by atoms with E-state index in [0.717, 1.165) is 17.7 Å². The molecule has 0 saturated heterocycles. The smallest absolute Gasteiger partial charge is 0.250 e. The number of likely N-dealkylation sites (N-methyl/N-ethyl adjacent to an activating group) is 1. The third kappa shape index (κ3) is 3.05. The summed E-state index contributed by atoms with van der Waals surface area (Å²) >= 11 is 0. The first kappa shape index (κ1) is 14.3. The minimum atomic E-state index is -0.477. The van der Waals surface area contributed by atoms with Crippen LogP contribution in [0.5, 0.6) is 0 Å². The number of carbonyl (C=O) groups is 2. The summed E-state index contributed by atoms with van der Waals surface area (Å²) in [7, 11) is 3.89. The minimum Gasteiger partial charge on any atom is -0.366 e. The molecule has 106 valence electrons. The maximum atomic E-state index is 12.2. The average molecular weight is 273 g/mol. The van der Waals surface area contributed by atoms with Crippen molar-refractivity contribution in [3.05, 3.63) is 41.5 Å². The molecule has 0 spiro atoms. The van der Waals surface area contributed by atoms with Crippen LogP contribution in [0.25, 0.3) is 0 Å². The van der Waals surface area contributed by atoms with Crippen LogP contribution in [0, 0.1) is 0 Å². The highest BCUT2D eigenvalue weighted by Gasteiger charge is 2.23. The number of fused-ring (bicyclic) bond motifs is 1. The van der Waals surface area contributed by atoms with Gasteiger partial charge in [-0.25, -0.2) is 0 Å².